The van der Waals surface area contributed by atoms with E-state index in [2.05, 4.69) is 0 Å². The molecule has 0 heterocycles. The molecule has 0 radical (unpaired) electrons. The SMILES string of the molecule is O=[N+]([O-])c1ccc(Cl)c(B(O)O)c1. The van der Waals surface area contributed by atoms with E-state index in [-0.39, 0.29) is 16.2 Å². The molecule has 0 atom stereocenters. The lowest BCUT2D eigenvalue weighted by Crippen LogP contribution is -2.30. The average Bonchev–Trinajstić information content (AvgIpc) is 2.04. The first kappa shape index (κ1) is 9.98. The maximum atomic E-state index is 10.3. The highest BCUT2D eigenvalue weighted by Gasteiger charge is 2.18. The molecule has 0 amide bonds. The Morgan fingerprint density at radius 1 is 1.46 bits per heavy atom. The normalized spacial score (nSPS) is 9.77. The van der Waals surface area contributed by atoms with Gasteiger partial charge in [0.2, 0.25) is 0 Å². The summed E-state index contributed by atoms with van der Waals surface area (Å²) in [7, 11) is -1.80. The van der Waals surface area contributed by atoms with Crippen LogP contribution in [-0.2, 0) is 0 Å². The first-order valence-electron chi connectivity index (χ1n) is 3.32. The predicted octanol–water partition coefficient (Wildman–Crippen LogP) is -0.0720. The third-order valence-corrected chi connectivity index (χ3v) is 1.81. The number of hydrogen-bond donors (Lipinski definition) is 2. The standard InChI is InChI=1S/C6H5BClNO4/c8-6-2-1-4(9(12)13)3-5(6)7(10)11/h1-3,10-11H. The van der Waals surface area contributed by atoms with Crippen molar-refractivity contribution in [1.29, 1.82) is 0 Å². The van der Waals surface area contributed by atoms with Crippen molar-refractivity contribution in [3.63, 3.8) is 0 Å². The Morgan fingerprint density at radius 2 is 2.08 bits per heavy atom. The molecule has 0 spiro atoms. The van der Waals surface area contributed by atoms with Crippen LogP contribution in [0.2, 0.25) is 5.02 Å². The number of nitrogens with zero attached hydrogens (tertiary/aromatic N) is 1. The number of rotatable bonds is 2. The van der Waals surface area contributed by atoms with Gasteiger partial charge < -0.3 is 10.0 Å². The largest absolute Gasteiger partial charge is 0.490 e. The van der Waals surface area contributed by atoms with Crippen molar-refractivity contribution in [2.45, 2.75) is 0 Å². The Labute approximate surface area is 78.9 Å². The van der Waals surface area contributed by atoms with E-state index in [1.54, 1.807) is 0 Å². The maximum absolute atomic E-state index is 10.3. The van der Waals surface area contributed by atoms with Gasteiger partial charge >= 0.3 is 7.12 Å². The number of non-ortho nitro benzene ring substituents is 1. The van der Waals surface area contributed by atoms with Crippen molar-refractivity contribution in [2.24, 2.45) is 0 Å². The van der Waals surface area contributed by atoms with Crippen LogP contribution in [0.3, 0.4) is 0 Å². The molecule has 0 aromatic heterocycles. The Bertz CT molecular complexity index is 343. The first-order valence-corrected chi connectivity index (χ1v) is 3.70. The molecule has 1 aromatic carbocycles. The highest BCUT2D eigenvalue weighted by atomic mass is 35.5. The molecule has 0 saturated carbocycles. The summed E-state index contributed by atoms with van der Waals surface area (Å²) < 4.78 is 0. The molecule has 0 bridgehead atoms. The number of hydrogen-bond acceptors (Lipinski definition) is 4. The fraction of sp³-hybridized carbons (Fsp3) is 0. The topological polar surface area (TPSA) is 83.6 Å². The highest BCUT2D eigenvalue weighted by Crippen LogP contribution is 2.13. The Balaban J connectivity index is 3.19. The third kappa shape index (κ3) is 2.18. The molecule has 1 aromatic rings. The fourth-order valence-corrected chi connectivity index (χ4v) is 1.06. The fourth-order valence-electron chi connectivity index (χ4n) is 0.843. The summed E-state index contributed by atoms with van der Waals surface area (Å²) in [5.74, 6) is 0. The van der Waals surface area contributed by atoms with Crippen LogP contribution in [-0.4, -0.2) is 22.1 Å². The molecular weight excluding hydrogens is 196 g/mol. The number of nitro benzene ring substituents is 1. The smallest absolute Gasteiger partial charge is 0.423 e. The van der Waals surface area contributed by atoms with E-state index in [1.165, 1.54) is 12.1 Å². The number of nitro groups is 1. The summed E-state index contributed by atoms with van der Waals surface area (Å²) in [6, 6.07) is 3.45. The van der Waals surface area contributed by atoms with Gasteiger partial charge in [0.1, 0.15) is 0 Å². The van der Waals surface area contributed by atoms with Crippen LogP contribution in [0, 0.1) is 10.1 Å². The summed E-state index contributed by atoms with van der Waals surface area (Å²) in [6.07, 6.45) is 0. The van der Waals surface area contributed by atoms with Crippen LogP contribution in [0.5, 0.6) is 0 Å². The van der Waals surface area contributed by atoms with Gasteiger partial charge in [-0.1, -0.05) is 11.6 Å². The van der Waals surface area contributed by atoms with Crippen molar-refractivity contribution in [2.75, 3.05) is 0 Å². The number of benzene rings is 1. The van der Waals surface area contributed by atoms with Crippen molar-refractivity contribution in [3.8, 4) is 0 Å². The van der Waals surface area contributed by atoms with Gasteiger partial charge in [-0.05, 0) is 6.07 Å². The second-order valence-corrected chi connectivity index (χ2v) is 2.74. The second kappa shape index (κ2) is 3.74. The van der Waals surface area contributed by atoms with Gasteiger partial charge in [-0.25, -0.2) is 0 Å². The van der Waals surface area contributed by atoms with E-state index in [0.717, 1.165) is 6.07 Å². The lowest BCUT2D eigenvalue weighted by Gasteiger charge is -2.01. The van der Waals surface area contributed by atoms with Gasteiger partial charge in [-0.15, -0.1) is 0 Å². The van der Waals surface area contributed by atoms with Gasteiger partial charge in [0.15, 0.2) is 0 Å². The average molecular weight is 201 g/mol. The lowest BCUT2D eigenvalue weighted by molar-refractivity contribution is -0.384. The van der Waals surface area contributed by atoms with Gasteiger partial charge in [-0.3, -0.25) is 10.1 Å². The molecule has 0 saturated heterocycles. The quantitative estimate of drug-likeness (QED) is 0.398. The monoisotopic (exact) mass is 201 g/mol. The van der Waals surface area contributed by atoms with Crippen LogP contribution in [0.1, 0.15) is 0 Å². The van der Waals surface area contributed by atoms with E-state index in [4.69, 9.17) is 21.6 Å². The van der Waals surface area contributed by atoms with E-state index in [1.807, 2.05) is 0 Å². The zero-order chi connectivity index (χ0) is 10.0. The molecular formula is C6H5BClNO4. The highest BCUT2D eigenvalue weighted by molar-refractivity contribution is 6.62. The summed E-state index contributed by atoms with van der Waals surface area (Å²) in [6.45, 7) is 0. The lowest BCUT2D eigenvalue weighted by atomic mass is 9.80. The van der Waals surface area contributed by atoms with Crippen LogP contribution < -0.4 is 5.46 Å². The van der Waals surface area contributed by atoms with Crippen molar-refractivity contribution < 1.29 is 15.0 Å². The summed E-state index contributed by atoms with van der Waals surface area (Å²) in [5, 5.41) is 27.9. The molecule has 0 aliphatic rings. The van der Waals surface area contributed by atoms with Crippen LogP contribution >= 0.6 is 11.6 Å². The molecule has 0 aliphatic carbocycles. The Kier molecular flexibility index (Phi) is 2.87. The molecule has 13 heavy (non-hydrogen) atoms. The zero-order valence-corrected chi connectivity index (χ0v) is 7.10. The third-order valence-electron chi connectivity index (χ3n) is 1.47. The minimum atomic E-state index is -1.80. The van der Waals surface area contributed by atoms with E-state index < -0.39 is 12.0 Å². The molecule has 2 N–H and O–H groups in total. The summed E-state index contributed by atoms with van der Waals surface area (Å²) in [4.78, 5) is 9.65. The second-order valence-electron chi connectivity index (χ2n) is 2.34. The summed E-state index contributed by atoms with van der Waals surface area (Å²) in [5.41, 5.74) is -0.302. The van der Waals surface area contributed by atoms with Crippen molar-refractivity contribution in [3.05, 3.63) is 33.3 Å². The Hall–Kier alpha value is -1.11. The van der Waals surface area contributed by atoms with Crippen LogP contribution in [0.4, 0.5) is 5.69 Å². The van der Waals surface area contributed by atoms with Crippen LogP contribution in [0.15, 0.2) is 18.2 Å². The minimum Gasteiger partial charge on any atom is -0.423 e. The molecule has 7 heteroatoms. The van der Waals surface area contributed by atoms with Crippen LogP contribution in [0.25, 0.3) is 0 Å². The molecule has 0 unspecified atom stereocenters. The minimum absolute atomic E-state index is 0.0733. The van der Waals surface area contributed by atoms with Crippen molar-refractivity contribution in [1.82, 2.24) is 0 Å². The van der Waals surface area contributed by atoms with E-state index in [9.17, 15) is 10.1 Å². The van der Waals surface area contributed by atoms with Gasteiger partial charge in [0.25, 0.3) is 5.69 Å². The van der Waals surface area contributed by atoms with Gasteiger partial charge in [0.05, 0.1) is 4.92 Å². The summed E-state index contributed by atoms with van der Waals surface area (Å²) >= 11 is 5.55. The van der Waals surface area contributed by atoms with E-state index >= 15 is 0 Å². The van der Waals surface area contributed by atoms with Gasteiger partial charge in [-0.2, -0.15) is 0 Å². The van der Waals surface area contributed by atoms with E-state index in [0.29, 0.717) is 0 Å². The molecule has 0 aliphatic heterocycles. The van der Waals surface area contributed by atoms with Crippen molar-refractivity contribution >= 4 is 29.9 Å². The predicted molar refractivity (Wildman–Crippen MR) is 47.9 cm³/mol. The molecule has 68 valence electrons. The molecule has 5 nitrogen and oxygen atoms in total. The zero-order valence-electron chi connectivity index (χ0n) is 6.35. The maximum Gasteiger partial charge on any atom is 0.490 e. The Morgan fingerprint density at radius 3 is 2.54 bits per heavy atom. The molecule has 0 fully saturated rings. The first-order chi connectivity index (χ1) is 6.02. The number of halogens is 1. The molecule has 1 rings (SSSR count). The van der Waals surface area contributed by atoms with Gasteiger partial charge in [0, 0.05) is 22.6 Å².